The molecule has 0 radical (unpaired) electrons. The number of hydrogen-bond donors (Lipinski definition) is 1. The molecule has 0 aliphatic carbocycles. The summed E-state index contributed by atoms with van der Waals surface area (Å²) >= 11 is 1.61. The smallest absolute Gasteiger partial charge is 0.272 e. The molecule has 1 saturated heterocycles. The molecule has 3 aromatic rings. The van der Waals surface area contributed by atoms with Gasteiger partial charge in [0.2, 0.25) is 0 Å². The third-order valence-electron chi connectivity index (χ3n) is 4.26. The lowest BCUT2D eigenvalue weighted by atomic mass is 10.2. The number of nitrogens with one attached hydrogen (secondary N) is 1. The average molecular weight is 327 g/mol. The third kappa shape index (κ3) is 2.46. The Morgan fingerprint density at radius 2 is 2.39 bits per heavy atom. The van der Waals surface area contributed by atoms with Crippen molar-refractivity contribution < 1.29 is 4.79 Å². The molecule has 4 heterocycles. The van der Waals surface area contributed by atoms with Crippen LogP contribution in [0.25, 0.3) is 11.4 Å². The molecule has 1 N–H and O–H groups in total. The number of H-pyrrole nitrogens is 1. The summed E-state index contributed by atoms with van der Waals surface area (Å²) < 4.78 is 1.98. The van der Waals surface area contributed by atoms with Crippen LogP contribution < -0.4 is 0 Å². The Morgan fingerprint density at radius 1 is 1.48 bits per heavy atom. The summed E-state index contributed by atoms with van der Waals surface area (Å²) in [7, 11) is 1.96. The standard InChI is InChI=1S/C16H17N5OS/c1-20-7-2-4-13(20)11-10-12(19-18-11)16(22)21-8-3-5-14(21)15-17-6-9-23-15/h2,4,6-7,9-10,14H,3,5,8H2,1H3,(H,18,19)/t14-/m1/s1. The quantitative estimate of drug-likeness (QED) is 0.804. The van der Waals surface area contributed by atoms with Crippen molar-refractivity contribution in [1.29, 1.82) is 0 Å². The van der Waals surface area contributed by atoms with Gasteiger partial charge in [0, 0.05) is 31.4 Å². The lowest BCUT2D eigenvalue weighted by molar-refractivity contribution is 0.0729. The van der Waals surface area contributed by atoms with Crippen LogP contribution in [0.4, 0.5) is 0 Å². The van der Waals surface area contributed by atoms with Gasteiger partial charge in [0.25, 0.3) is 5.91 Å². The zero-order chi connectivity index (χ0) is 15.8. The Bertz CT molecular complexity index is 819. The molecule has 3 aromatic heterocycles. The predicted octanol–water partition coefficient (Wildman–Crippen LogP) is 2.85. The zero-order valence-corrected chi connectivity index (χ0v) is 13.6. The van der Waals surface area contributed by atoms with E-state index < -0.39 is 0 Å². The molecule has 0 unspecified atom stereocenters. The normalized spacial score (nSPS) is 17.8. The molecular weight excluding hydrogens is 310 g/mol. The van der Waals surface area contributed by atoms with Crippen molar-refractivity contribution in [2.24, 2.45) is 7.05 Å². The molecule has 0 bridgehead atoms. The number of carbonyl (C=O) groups excluding carboxylic acids is 1. The summed E-state index contributed by atoms with van der Waals surface area (Å²) in [5, 5.41) is 10.2. The summed E-state index contributed by atoms with van der Waals surface area (Å²) in [4.78, 5) is 19.1. The Morgan fingerprint density at radius 3 is 3.13 bits per heavy atom. The maximum atomic E-state index is 12.8. The monoisotopic (exact) mass is 327 g/mol. The Kier molecular flexibility index (Phi) is 3.49. The summed E-state index contributed by atoms with van der Waals surface area (Å²) in [6.45, 7) is 0.765. The van der Waals surface area contributed by atoms with Gasteiger partial charge in [0.1, 0.15) is 16.4 Å². The van der Waals surface area contributed by atoms with Crippen LogP contribution in [0.2, 0.25) is 0 Å². The van der Waals surface area contributed by atoms with Gasteiger partial charge in [-0.05, 0) is 31.0 Å². The summed E-state index contributed by atoms with van der Waals surface area (Å²) in [6.07, 6.45) is 5.74. The van der Waals surface area contributed by atoms with E-state index in [4.69, 9.17) is 0 Å². The first-order chi connectivity index (χ1) is 11.2. The highest BCUT2D eigenvalue weighted by Crippen LogP contribution is 2.34. The second-order valence-electron chi connectivity index (χ2n) is 5.70. The minimum atomic E-state index is -0.00402. The highest BCUT2D eigenvalue weighted by Gasteiger charge is 2.33. The van der Waals surface area contributed by atoms with E-state index in [1.165, 1.54) is 0 Å². The lowest BCUT2D eigenvalue weighted by Gasteiger charge is -2.22. The van der Waals surface area contributed by atoms with E-state index in [2.05, 4.69) is 15.2 Å². The summed E-state index contributed by atoms with van der Waals surface area (Å²) in [5.41, 5.74) is 2.30. The van der Waals surface area contributed by atoms with E-state index in [0.29, 0.717) is 5.69 Å². The Labute approximate surface area is 137 Å². The molecule has 0 aromatic carbocycles. The van der Waals surface area contributed by atoms with Gasteiger partial charge in [0.05, 0.1) is 11.7 Å². The van der Waals surface area contributed by atoms with E-state index in [1.54, 1.807) is 17.5 Å². The number of aromatic amines is 1. The molecule has 0 saturated carbocycles. The first kappa shape index (κ1) is 14.2. The van der Waals surface area contributed by atoms with E-state index in [0.717, 1.165) is 35.8 Å². The van der Waals surface area contributed by atoms with Crippen molar-refractivity contribution >= 4 is 17.2 Å². The van der Waals surface area contributed by atoms with Gasteiger partial charge < -0.3 is 9.47 Å². The number of hydrogen-bond acceptors (Lipinski definition) is 4. The SMILES string of the molecule is Cn1cccc1-c1cc(C(=O)N2CCC[C@@H]2c2nccs2)[nH]n1. The van der Waals surface area contributed by atoms with Gasteiger partial charge >= 0.3 is 0 Å². The first-order valence-corrected chi connectivity index (χ1v) is 8.49. The number of amides is 1. The minimum absolute atomic E-state index is 0.00402. The van der Waals surface area contributed by atoms with E-state index >= 15 is 0 Å². The van der Waals surface area contributed by atoms with Crippen LogP contribution in [-0.4, -0.2) is 37.1 Å². The van der Waals surface area contributed by atoms with Gasteiger partial charge in [-0.15, -0.1) is 11.3 Å². The number of aryl methyl sites for hydroxylation is 1. The number of carbonyl (C=O) groups is 1. The van der Waals surface area contributed by atoms with Gasteiger partial charge in [-0.3, -0.25) is 9.89 Å². The molecular formula is C16H17N5OS. The molecule has 1 atom stereocenters. The van der Waals surface area contributed by atoms with Crippen LogP contribution in [-0.2, 0) is 7.05 Å². The van der Waals surface area contributed by atoms with Crippen molar-refractivity contribution in [2.75, 3.05) is 6.54 Å². The van der Waals surface area contributed by atoms with Crippen molar-refractivity contribution in [3.8, 4) is 11.4 Å². The summed E-state index contributed by atoms with van der Waals surface area (Å²) in [5.74, 6) is -0.00402. The molecule has 1 aliphatic heterocycles. The highest BCUT2D eigenvalue weighted by atomic mass is 32.1. The maximum absolute atomic E-state index is 12.8. The van der Waals surface area contributed by atoms with Crippen LogP contribution in [0, 0.1) is 0 Å². The molecule has 7 heteroatoms. The summed E-state index contributed by atoms with van der Waals surface area (Å²) in [6, 6.07) is 5.86. The highest BCUT2D eigenvalue weighted by molar-refractivity contribution is 7.09. The zero-order valence-electron chi connectivity index (χ0n) is 12.8. The van der Waals surface area contributed by atoms with Gasteiger partial charge in [0.15, 0.2) is 0 Å². The van der Waals surface area contributed by atoms with E-state index in [9.17, 15) is 4.79 Å². The van der Waals surface area contributed by atoms with Crippen LogP contribution in [0.5, 0.6) is 0 Å². The van der Waals surface area contributed by atoms with Crippen LogP contribution in [0.15, 0.2) is 36.0 Å². The second kappa shape index (κ2) is 5.66. The first-order valence-electron chi connectivity index (χ1n) is 7.61. The van der Waals surface area contributed by atoms with Crippen LogP contribution in [0.1, 0.15) is 34.4 Å². The van der Waals surface area contributed by atoms with Gasteiger partial charge in [-0.1, -0.05) is 0 Å². The fraction of sp³-hybridized carbons (Fsp3) is 0.312. The minimum Gasteiger partial charge on any atom is -0.349 e. The average Bonchev–Trinajstić information content (AvgIpc) is 3.31. The Balaban J connectivity index is 1.60. The fourth-order valence-corrected chi connectivity index (χ4v) is 3.90. The van der Waals surface area contributed by atoms with Crippen molar-refractivity contribution in [3.05, 3.63) is 46.7 Å². The molecule has 118 valence electrons. The maximum Gasteiger partial charge on any atom is 0.272 e. The molecule has 4 rings (SSSR count). The van der Waals surface area contributed by atoms with Gasteiger partial charge in [-0.25, -0.2) is 4.98 Å². The third-order valence-corrected chi connectivity index (χ3v) is 5.14. The van der Waals surface area contributed by atoms with Crippen LogP contribution >= 0.6 is 11.3 Å². The number of rotatable bonds is 3. The van der Waals surface area contributed by atoms with E-state index in [-0.39, 0.29) is 11.9 Å². The Hall–Kier alpha value is -2.41. The largest absolute Gasteiger partial charge is 0.349 e. The van der Waals surface area contributed by atoms with Gasteiger partial charge in [-0.2, -0.15) is 5.10 Å². The molecule has 1 aliphatic rings. The number of thiazole rings is 1. The number of aromatic nitrogens is 4. The van der Waals surface area contributed by atoms with Crippen molar-refractivity contribution in [3.63, 3.8) is 0 Å². The second-order valence-corrected chi connectivity index (χ2v) is 6.62. The van der Waals surface area contributed by atoms with Crippen molar-refractivity contribution in [2.45, 2.75) is 18.9 Å². The molecule has 23 heavy (non-hydrogen) atoms. The van der Waals surface area contributed by atoms with E-state index in [1.807, 2.05) is 46.3 Å². The fourth-order valence-electron chi connectivity index (χ4n) is 3.11. The molecule has 1 fully saturated rings. The van der Waals surface area contributed by atoms with Crippen LogP contribution in [0.3, 0.4) is 0 Å². The number of nitrogens with zero attached hydrogens (tertiary/aromatic N) is 4. The molecule has 0 spiro atoms. The molecule has 6 nitrogen and oxygen atoms in total. The number of likely N-dealkylation sites (tertiary alicyclic amines) is 1. The topological polar surface area (TPSA) is 66.8 Å². The lowest BCUT2D eigenvalue weighted by Crippen LogP contribution is -2.30. The molecule has 1 amide bonds. The van der Waals surface area contributed by atoms with Crippen molar-refractivity contribution in [1.82, 2.24) is 24.6 Å². The predicted molar refractivity (Wildman–Crippen MR) is 88.1 cm³/mol.